The molecule has 0 aliphatic carbocycles. The first-order valence-corrected chi connectivity index (χ1v) is 12.8. The summed E-state index contributed by atoms with van der Waals surface area (Å²) in [5, 5.41) is 3.20. The van der Waals surface area contributed by atoms with Gasteiger partial charge in [0.2, 0.25) is 15.9 Å². The van der Waals surface area contributed by atoms with Gasteiger partial charge in [-0.1, -0.05) is 57.5 Å². The molecule has 0 saturated carbocycles. The van der Waals surface area contributed by atoms with Crippen molar-refractivity contribution in [2.24, 2.45) is 0 Å². The maximum atomic E-state index is 12.9. The van der Waals surface area contributed by atoms with Crippen molar-refractivity contribution >= 4 is 33.2 Å². The number of rotatable bonds is 9. The molecule has 1 atom stereocenters. The van der Waals surface area contributed by atoms with E-state index in [-0.39, 0.29) is 24.5 Å². The quantitative estimate of drug-likeness (QED) is 0.528. The van der Waals surface area contributed by atoms with Crippen LogP contribution < -0.4 is 14.4 Å². The molecule has 0 aromatic heterocycles. The summed E-state index contributed by atoms with van der Waals surface area (Å²) < 4.78 is 32.1. The first kappa shape index (κ1) is 26.0. The first-order valence-electron chi connectivity index (χ1n) is 10.6. The molecule has 0 saturated heterocycles. The van der Waals surface area contributed by atoms with Crippen molar-refractivity contribution in [3.05, 3.63) is 58.6 Å². The lowest BCUT2D eigenvalue weighted by Gasteiger charge is -2.31. The number of sulfonamides is 1. The molecule has 2 aromatic rings. The predicted molar refractivity (Wildman–Crippen MR) is 131 cm³/mol. The summed E-state index contributed by atoms with van der Waals surface area (Å²) >= 11 is 6.10. The third-order valence-corrected chi connectivity index (χ3v) is 6.53. The highest BCUT2D eigenvalue weighted by Crippen LogP contribution is 2.29. The van der Waals surface area contributed by atoms with Crippen LogP contribution in [0.1, 0.15) is 45.2 Å². The van der Waals surface area contributed by atoms with Crippen molar-refractivity contribution in [1.82, 2.24) is 5.32 Å². The van der Waals surface area contributed by atoms with E-state index < -0.39 is 16.1 Å². The lowest BCUT2D eigenvalue weighted by Crippen LogP contribution is -2.50. The second-order valence-electron chi connectivity index (χ2n) is 8.83. The van der Waals surface area contributed by atoms with Crippen LogP contribution in [0.2, 0.25) is 5.02 Å². The number of nitrogens with one attached hydrogen (secondary N) is 1. The molecule has 0 bridgehead atoms. The van der Waals surface area contributed by atoms with Crippen LogP contribution in [0.5, 0.6) is 5.75 Å². The Morgan fingerprint density at radius 2 is 1.78 bits per heavy atom. The van der Waals surface area contributed by atoms with E-state index in [2.05, 4.69) is 26.1 Å². The highest BCUT2D eigenvalue weighted by molar-refractivity contribution is 7.92. The van der Waals surface area contributed by atoms with E-state index in [0.29, 0.717) is 28.4 Å². The summed E-state index contributed by atoms with van der Waals surface area (Å²) in [6, 6.07) is 12.0. The molecule has 0 heterocycles. The summed E-state index contributed by atoms with van der Waals surface area (Å²) in [4.78, 5) is 12.9. The van der Waals surface area contributed by atoms with Gasteiger partial charge >= 0.3 is 0 Å². The van der Waals surface area contributed by atoms with Crippen molar-refractivity contribution in [2.75, 3.05) is 23.7 Å². The summed E-state index contributed by atoms with van der Waals surface area (Å²) in [5.74, 6) is 0.329. The molecule has 0 aliphatic heterocycles. The van der Waals surface area contributed by atoms with Crippen LogP contribution in [0.3, 0.4) is 0 Å². The van der Waals surface area contributed by atoms with Gasteiger partial charge in [0.1, 0.15) is 18.4 Å². The number of amides is 1. The van der Waals surface area contributed by atoms with Crippen molar-refractivity contribution in [3.63, 3.8) is 0 Å². The van der Waals surface area contributed by atoms with Gasteiger partial charge in [-0.15, -0.1) is 0 Å². The third-order valence-electron chi connectivity index (χ3n) is 5.13. The summed E-state index contributed by atoms with van der Waals surface area (Å²) in [6.07, 6.45) is 1.40. The first-order chi connectivity index (χ1) is 14.8. The molecule has 6 nitrogen and oxygen atoms in total. The highest BCUT2D eigenvalue weighted by Gasteiger charge is 2.32. The van der Waals surface area contributed by atoms with Crippen molar-refractivity contribution < 1.29 is 17.9 Å². The van der Waals surface area contributed by atoms with Crippen molar-refractivity contribution in [2.45, 2.75) is 52.5 Å². The predicted octanol–water partition coefficient (Wildman–Crippen LogP) is 4.69. The summed E-state index contributed by atoms with van der Waals surface area (Å²) in [5.41, 5.74) is 2.39. The van der Waals surface area contributed by atoms with E-state index in [1.165, 1.54) is 5.56 Å². The minimum absolute atomic E-state index is 0.0640. The standard InChI is InChI=1S/C24H33ClN2O4S/c1-7-21(27(32(6,29)30)22-16-19(25)11-8-17(22)2)23(28)26-14-15-31-20-12-9-18(10-13-20)24(3,4)5/h8-13,16,21H,7,14-15H2,1-6H3,(H,26,28)/t21-/m1/s1. The fourth-order valence-electron chi connectivity index (χ4n) is 3.37. The molecule has 0 aliphatic rings. The Labute approximate surface area is 197 Å². The van der Waals surface area contributed by atoms with Crippen LogP contribution in [0.4, 0.5) is 5.69 Å². The van der Waals surface area contributed by atoms with Crippen molar-refractivity contribution in [3.8, 4) is 5.75 Å². The number of benzene rings is 2. The van der Waals surface area contributed by atoms with Crippen LogP contribution >= 0.6 is 11.6 Å². The number of carbonyl (C=O) groups excluding carboxylic acids is 1. The van der Waals surface area contributed by atoms with Gasteiger partial charge in [-0.05, 0) is 54.2 Å². The number of hydrogen-bond acceptors (Lipinski definition) is 4. The van der Waals surface area contributed by atoms with Crippen LogP contribution in [0.25, 0.3) is 0 Å². The van der Waals surface area contributed by atoms with E-state index in [4.69, 9.17) is 16.3 Å². The van der Waals surface area contributed by atoms with Crippen molar-refractivity contribution in [1.29, 1.82) is 0 Å². The topological polar surface area (TPSA) is 75.7 Å². The number of ether oxygens (including phenoxy) is 1. The number of carbonyl (C=O) groups is 1. The number of halogens is 1. The maximum absolute atomic E-state index is 12.9. The number of aryl methyl sites for hydroxylation is 1. The second-order valence-corrected chi connectivity index (χ2v) is 11.1. The zero-order valence-electron chi connectivity index (χ0n) is 19.6. The zero-order chi connectivity index (χ0) is 24.1. The number of hydrogen-bond donors (Lipinski definition) is 1. The fourth-order valence-corrected chi connectivity index (χ4v) is 4.79. The fraction of sp³-hybridized carbons (Fsp3) is 0.458. The minimum Gasteiger partial charge on any atom is -0.492 e. The molecule has 2 aromatic carbocycles. The van der Waals surface area contributed by atoms with E-state index in [1.54, 1.807) is 32.0 Å². The molecular formula is C24H33ClN2O4S. The van der Waals surface area contributed by atoms with Crippen LogP contribution in [0.15, 0.2) is 42.5 Å². The monoisotopic (exact) mass is 480 g/mol. The molecule has 0 fully saturated rings. The third kappa shape index (κ3) is 6.87. The number of nitrogens with zero attached hydrogens (tertiary/aromatic N) is 1. The molecule has 8 heteroatoms. The Morgan fingerprint density at radius 3 is 2.31 bits per heavy atom. The average molecular weight is 481 g/mol. The molecular weight excluding hydrogens is 448 g/mol. The Bertz CT molecular complexity index is 1030. The summed E-state index contributed by atoms with van der Waals surface area (Å²) in [7, 11) is -3.72. The lowest BCUT2D eigenvalue weighted by atomic mass is 9.87. The lowest BCUT2D eigenvalue weighted by molar-refractivity contribution is -0.122. The van der Waals surface area contributed by atoms with E-state index in [0.717, 1.165) is 10.6 Å². The molecule has 0 radical (unpaired) electrons. The SMILES string of the molecule is CC[C@H](C(=O)NCCOc1ccc(C(C)(C)C)cc1)N(c1cc(Cl)ccc1C)S(C)(=O)=O. The molecule has 0 unspecified atom stereocenters. The average Bonchev–Trinajstić information content (AvgIpc) is 2.70. The van der Waals surface area contributed by atoms with Gasteiger partial charge in [-0.2, -0.15) is 0 Å². The van der Waals surface area contributed by atoms with Gasteiger partial charge in [-0.25, -0.2) is 8.42 Å². The van der Waals surface area contributed by atoms with Gasteiger partial charge in [0.15, 0.2) is 0 Å². The molecule has 176 valence electrons. The normalized spacial score (nSPS) is 12.8. The van der Waals surface area contributed by atoms with Crippen LogP contribution in [0, 0.1) is 6.92 Å². The smallest absolute Gasteiger partial charge is 0.244 e. The molecule has 1 N–H and O–H groups in total. The Morgan fingerprint density at radius 1 is 1.16 bits per heavy atom. The minimum atomic E-state index is -3.72. The Hall–Kier alpha value is -2.25. The highest BCUT2D eigenvalue weighted by atomic mass is 35.5. The van der Waals surface area contributed by atoms with Gasteiger partial charge in [0, 0.05) is 5.02 Å². The number of anilines is 1. The second kappa shape index (κ2) is 10.6. The molecule has 32 heavy (non-hydrogen) atoms. The Balaban J connectivity index is 2.05. The zero-order valence-corrected chi connectivity index (χ0v) is 21.2. The molecule has 1 amide bonds. The van der Waals surface area contributed by atoms with Gasteiger partial charge in [-0.3, -0.25) is 9.10 Å². The van der Waals surface area contributed by atoms with Gasteiger partial charge < -0.3 is 10.1 Å². The van der Waals surface area contributed by atoms with Gasteiger partial charge in [0.25, 0.3) is 0 Å². The van der Waals surface area contributed by atoms with Crippen LogP contribution in [-0.4, -0.2) is 39.8 Å². The summed E-state index contributed by atoms with van der Waals surface area (Å²) in [6.45, 7) is 10.5. The molecule has 0 spiro atoms. The Kier molecular flexibility index (Phi) is 8.60. The van der Waals surface area contributed by atoms with Crippen LogP contribution in [-0.2, 0) is 20.2 Å². The van der Waals surface area contributed by atoms with E-state index in [9.17, 15) is 13.2 Å². The maximum Gasteiger partial charge on any atom is 0.244 e. The molecule has 2 rings (SSSR count). The largest absolute Gasteiger partial charge is 0.492 e. The van der Waals surface area contributed by atoms with Gasteiger partial charge in [0.05, 0.1) is 18.5 Å². The van der Waals surface area contributed by atoms with E-state index >= 15 is 0 Å². The van der Waals surface area contributed by atoms with E-state index in [1.807, 2.05) is 24.3 Å².